The molecule has 90 valence electrons. The molecule has 16 heavy (non-hydrogen) atoms. The number of rotatable bonds is 4. The van der Waals surface area contributed by atoms with E-state index in [-0.39, 0.29) is 17.7 Å². The summed E-state index contributed by atoms with van der Waals surface area (Å²) in [5, 5.41) is 8.51. The Bertz CT molecular complexity index is 294. The van der Waals surface area contributed by atoms with Crippen LogP contribution in [0, 0.1) is 22.7 Å². The third kappa shape index (κ3) is 2.96. The number of amides is 1. The Kier molecular flexibility index (Phi) is 4.31. The highest BCUT2D eigenvalue weighted by molar-refractivity contribution is 5.78. The lowest BCUT2D eigenvalue weighted by atomic mass is 9.83. The van der Waals surface area contributed by atoms with Crippen molar-refractivity contribution in [2.75, 3.05) is 26.3 Å². The van der Waals surface area contributed by atoms with Gasteiger partial charge < -0.3 is 9.64 Å². The van der Waals surface area contributed by atoms with E-state index in [1.165, 1.54) is 0 Å². The van der Waals surface area contributed by atoms with Gasteiger partial charge in [0, 0.05) is 25.6 Å². The molecule has 4 heteroatoms. The van der Waals surface area contributed by atoms with Crippen LogP contribution in [0.25, 0.3) is 0 Å². The molecule has 1 atom stereocenters. The summed E-state index contributed by atoms with van der Waals surface area (Å²) in [6, 6.07) is 1.91. The molecule has 1 aliphatic heterocycles. The second-order valence-electron chi connectivity index (χ2n) is 4.95. The Hall–Kier alpha value is -1.08. The monoisotopic (exact) mass is 224 g/mol. The minimum absolute atomic E-state index is 0.0164. The average molecular weight is 224 g/mol. The number of hydrogen-bond acceptors (Lipinski definition) is 3. The fourth-order valence-corrected chi connectivity index (χ4v) is 2.11. The van der Waals surface area contributed by atoms with Crippen molar-refractivity contribution in [1.82, 2.24) is 4.90 Å². The maximum atomic E-state index is 11.6. The molecular formula is C12H20N2O2. The van der Waals surface area contributed by atoms with Gasteiger partial charge in [-0.1, -0.05) is 13.8 Å². The number of nitriles is 1. The van der Waals surface area contributed by atoms with E-state index in [9.17, 15) is 4.79 Å². The first-order chi connectivity index (χ1) is 7.51. The van der Waals surface area contributed by atoms with Crippen molar-refractivity contribution in [3.63, 3.8) is 0 Å². The van der Waals surface area contributed by atoms with Crippen LogP contribution in [-0.2, 0) is 9.53 Å². The summed E-state index contributed by atoms with van der Waals surface area (Å²) in [5.41, 5.74) is 0.0836. The highest BCUT2D eigenvalue weighted by Gasteiger charge is 2.40. The van der Waals surface area contributed by atoms with Crippen LogP contribution in [0.1, 0.15) is 27.2 Å². The summed E-state index contributed by atoms with van der Waals surface area (Å²) in [6.07, 6.45) is -0.0164. The van der Waals surface area contributed by atoms with Crippen LogP contribution in [0.15, 0.2) is 0 Å². The van der Waals surface area contributed by atoms with Crippen molar-refractivity contribution >= 4 is 5.91 Å². The third-order valence-electron chi connectivity index (χ3n) is 3.25. The molecule has 1 amide bonds. The van der Waals surface area contributed by atoms with Crippen molar-refractivity contribution in [3.8, 4) is 6.07 Å². The van der Waals surface area contributed by atoms with Crippen molar-refractivity contribution in [2.24, 2.45) is 11.3 Å². The molecule has 1 fully saturated rings. The van der Waals surface area contributed by atoms with E-state index < -0.39 is 0 Å². The molecule has 1 rings (SSSR count). The number of carbonyl (C=O) groups excluding carboxylic acids is 1. The van der Waals surface area contributed by atoms with Crippen molar-refractivity contribution < 1.29 is 9.53 Å². The lowest BCUT2D eigenvalue weighted by Gasteiger charge is -2.24. The summed E-state index contributed by atoms with van der Waals surface area (Å²) in [5.74, 6) is 0.310. The Morgan fingerprint density at radius 2 is 2.31 bits per heavy atom. The standard InChI is InChI=1S/C12H20N2O2/c1-4-16-8-10-7-14(9-12(10,2)3)11(15)5-6-13/h10H,4-5,7-9H2,1-3H3. The molecule has 0 saturated carbocycles. The zero-order valence-electron chi connectivity index (χ0n) is 10.3. The molecular weight excluding hydrogens is 204 g/mol. The average Bonchev–Trinajstić information content (AvgIpc) is 2.51. The molecule has 0 aromatic heterocycles. The largest absolute Gasteiger partial charge is 0.381 e. The summed E-state index contributed by atoms with van der Waals surface area (Å²) in [6.45, 7) is 9.12. The van der Waals surface area contributed by atoms with Crippen LogP contribution < -0.4 is 0 Å². The Morgan fingerprint density at radius 1 is 1.62 bits per heavy atom. The summed E-state index contributed by atoms with van der Waals surface area (Å²) in [7, 11) is 0. The zero-order valence-corrected chi connectivity index (χ0v) is 10.3. The van der Waals surface area contributed by atoms with Gasteiger partial charge in [0.1, 0.15) is 6.42 Å². The zero-order chi connectivity index (χ0) is 12.2. The highest BCUT2D eigenvalue weighted by atomic mass is 16.5. The smallest absolute Gasteiger partial charge is 0.236 e. The molecule has 0 bridgehead atoms. The Morgan fingerprint density at radius 3 is 2.88 bits per heavy atom. The van der Waals surface area contributed by atoms with Gasteiger partial charge >= 0.3 is 0 Å². The first kappa shape index (κ1) is 13.0. The van der Waals surface area contributed by atoms with Crippen LogP contribution in [0.3, 0.4) is 0 Å². The lowest BCUT2D eigenvalue weighted by Crippen LogP contribution is -2.29. The van der Waals surface area contributed by atoms with Gasteiger partial charge in [0.05, 0.1) is 12.7 Å². The molecule has 1 unspecified atom stereocenters. The van der Waals surface area contributed by atoms with Crippen molar-refractivity contribution in [1.29, 1.82) is 5.26 Å². The fourth-order valence-electron chi connectivity index (χ4n) is 2.11. The molecule has 1 saturated heterocycles. The van der Waals surface area contributed by atoms with E-state index in [1.54, 1.807) is 4.90 Å². The van der Waals surface area contributed by atoms with E-state index in [0.29, 0.717) is 25.7 Å². The van der Waals surface area contributed by atoms with Gasteiger partial charge in [-0.15, -0.1) is 0 Å². The van der Waals surface area contributed by atoms with Crippen LogP contribution in [-0.4, -0.2) is 37.1 Å². The number of likely N-dealkylation sites (tertiary alicyclic amines) is 1. The van der Waals surface area contributed by atoms with Gasteiger partial charge in [-0.3, -0.25) is 4.79 Å². The predicted molar refractivity (Wildman–Crippen MR) is 60.6 cm³/mol. The summed E-state index contributed by atoms with van der Waals surface area (Å²) >= 11 is 0. The molecule has 1 heterocycles. The molecule has 0 spiro atoms. The van der Waals surface area contributed by atoms with E-state index in [0.717, 1.165) is 6.54 Å². The van der Waals surface area contributed by atoms with E-state index in [1.807, 2.05) is 13.0 Å². The maximum Gasteiger partial charge on any atom is 0.236 e. The summed E-state index contributed by atoms with van der Waals surface area (Å²) in [4.78, 5) is 13.4. The lowest BCUT2D eigenvalue weighted by molar-refractivity contribution is -0.129. The summed E-state index contributed by atoms with van der Waals surface area (Å²) < 4.78 is 5.44. The normalized spacial score (nSPS) is 23.1. The first-order valence-electron chi connectivity index (χ1n) is 5.73. The SMILES string of the molecule is CCOCC1CN(C(=O)CC#N)CC1(C)C. The quantitative estimate of drug-likeness (QED) is 0.725. The van der Waals surface area contributed by atoms with E-state index in [2.05, 4.69) is 13.8 Å². The van der Waals surface area contributed by atoms with Gasteiger partial charge in [-0.25, -0.2) is 0 Å². The van der Waals surface area contributed by atoms with Crippen LogP contribution in [0.2, 0.25) is 0 Å². The van der Waals surface area contributed by atoms with Crippen molar-refractivity contribution in [3.05, 3.63) is 0 Å². The van der Waals surface area contributed by atoms with Crippen molar-refractivity contribution in [2.45, 2.75) is 27.2 Å². The predicted octanol–water partition coefficient (Wildman–Crippen LogP) is 1.42. The molecule has 0 radical (unpaired) electrons. The highest BCUT2D eigenvalue weighted by Crippen LogP contribution is 2.35. The Labute approximate surface area is 97.2 Å². The van der Waals surface area contributed by atoms with E-state index in [4.69, 9.17) is 10.00 Å². The second-order valence-corrected chi connectivity index (χ2v) is 4.95. The van der Waals surface area contributed by atoms with E-state index >= 15 is 0 Å². The van der Waals surface area contributed by atoms with Crippen LogP contribution in [0.4, 0.5) is 0 Å². The van der Waals surface area contributed by atoms with Gasteiger partial charge in [0.25, 0.3) is 0 Å². The molecule has 0 aliphatic carbocycles. The molecule has 4 nitrogen and oxygen atoms in total. The van der Waals surface area contributed by atoms with Gasteiger partial charge in [-0.05, 0) is 12.3 Å². The topological polar surface area (TPSA) is 53.3 Å². The molecule has 1 aliphatic rings. The molecule has 0 N–H and O–H groups in total. The minimum Gasteiger partial charge on any atom is -0.381 e. The maximum absolute atomic E-state index is 11.6. The minimum atomic E-state index is -0.0606. The first-order valence-corrected chi connectivity index (χ1v) is 5.73. The fraction of sp³-hybridized carbons (Fsp3) is 0.833. The molecule has 0 aromatic rings. The third-order valence-corrected chi connectivity index (χ3v) is 3.25. The number of ether oxygens (including phenoxy) is 1. The van der Waals surface area contributed by atoms with Gasteiger partial charge in [0.15, 0.2) is 0 Å². The number of hydrogen-bond donors (Lipinski definition) is 0. The van der Waals surface area contributed by atoms with Gasteiger partial charge in [-0.2, -0.15) is 5.26 Å². The second kappa shape index (κ2) is 5.31. The number of nitrogens with zero attached hydrogens (tertiary/aromatic N) is 2. The van der Waals surface area contributed by atoms with Crippen LogP contribution in [0.5, 0.6) is 0 Å². The molecule has 0 aromatic carbocycles. The van der Waals surface area contributed by atoms with Gasteiger partial charge in [0.2, 0.25) is 5.91 Å². The van der Waals surface area contributed by atoms with Crippen LogP contribution >= 0.6 is 0 Å². The Balaban J connectivity index is 2.57. The number of carbonyl (C=O) groups is 1.